The Hall–Kier alpha value is -2.65. The number of carbonyl (C=O) groups excluding carboxylic acids is 1. The number of rotatable bonds is 5. The summed E-state index contributed by atoms with van der Waals surface area (Å²) in [6, 6.07) is 10.1. The molecule has 1 fully saturated rings. The van der Waals surface area contributed by atoms with Gasteiger partial charge in [-0.1, -0.05) is 48.6 Å². The minimum Gasteiger partial charge on any atom is -0.492 e. The van der Waals surface area contributed by atoms with Crippen LogP contribution in [0.25, 0.3) is 4.96 Å². The molecule has 3 aromatic rings. The topological polar surface area (TPSA) is 84.4 Å². The molecule has 1 amide bonds. The summed E-state index contributed by atoms with van der Waals surface area (Å²) in [7, 11) is 0. The van der Waals surface area contributed by atoms with Crippen LogP contribution in [-0.2, 0) is 11.2 Å². The summed E-state index contributed by atoms with van der Waals surface area (Å²) in [6.07, 6.45) is 0.475. The molecule has 0 bridgehead atoms. The molecule has 4 rings (SSSR count). The van der Waals surface area contributed by atoms with E-state index in [1.54, 1.807) is 9.42 Å². The number of aromatic hydroxyl groups is 1. The van der Waals surface area contributed by atoms with Crippen molar-refractivity contribution >= 4 is 22.4 Å². The zero-order chi connectivity index (χ0) is 20.4. The highest BCUT2D eigenvalue weighted by molar-refractivity contribution is 7.17. The molecule has 1 aliphatic rings. The van der Waals surface area contributed by atoms with Crippen LogP contribution in [0.2, 0.25) is 0 Å². The molecule has 0 radical (unpaired) electrons. The minimum absolute atomic E-state index is 0.0425. The fourth-order valence-electron chi connectivity index (χ4n) is 3.83. The van der Waals surface area contributed by atoms with Crippen LogP contribution in [0.5, 0.6) is 5.88 Å². The molecule has 0 aliphatic carbocycles. The number of nitrogens with zero attached hydrogens (tertiary/aromatic N) is 4. The number of amides is 1. The van der Waals surface area contributed by atoms with E-state index in [1.165, 1.54) is 16.2 Å². The Morgan fingerprint density at radius 3 is 2.62 bits per heavy atom. The normalized spacial score (nSPS) is 16.3. The lowest BCUT2D eigenvalue weighted by molar-refractivity contribution is -0.929. The predicted molar refractivity (Wildman–Crippen MR) is 109 cm³/mol. The van der Waals surface area contributed by atoms with E-state index in [0.29, 0.717) is 24.7 Å². The van der Waals surface area contributed by atoms with E-state index in [2.05, 4.69) is 22.2 Å². The molecular weight excluding hydrogens is 390 g/mol. The average Bonchev–Trinajstić information content (AvgIpc) is 3.29. The van der Waals surface area contributed by atoms with Gasteiger partial charge < -0.3 is 14.7 Å². The Bertz CT molecular complexity index is 979. The second kappa shape index (κ2) is 8.38. The van der Waals surface area contributed by atoms with E-state index >= 15 is 0 Å². The van der Waals surface area contributed by atoms with Crippen LogP contribution in [0.15, 0.2) is 30.3 Å². The van der Waals surface area contributed by atoms with Gasteiger partial charge in [0.05, 0.1) is 32.8 Å². The molecule has 1 aliphatic heterocycles. The Morgan fingerprint density at radius 2 is 2.00 bits per heavy atom. The highest BCUT2D eigenvalue weighted by atomic mass is 32.1. The number of ether oxygens (including phenoxy) is 1. The number of fused-ring (bicyclic) bond motifs is 1. The third kappa shape index (κ3) is 3.79. The van der Waals surface area contributed by atoms with Crippen molar-refractivity contribution in [1.29, 1.82) is 0 Å². The molecular formula is C20H26N5O3S+. The summed E-state index contributed by atoms with van der Waals surface area (Å²) in [6.45, 7) is 6.99. The summed E-state index contributed by atoms with van der Waals surface area (Å²) in [4.78, 5) is 21.2. The number of aryl methyl sites for hydroxylation is 1. The molecule has 0 spiro atoms. The van der Waals surface area contributed by atoms with Crippen LogP contribution in [0, 0.1) is 0 Å². The largest absolute Gasteiger partial charge is 0.492 e. The molecule has 2 aromatic heterocycles. The third-order valence-electron chi connectivity index (χ3n) is 5.29. The minimum atomic E-state index is -0.253. The number of hydrogen-bond donors (Lipinski definition) is 2. The predicted octanol–water partition coefficient (Wildman–Crippen LogP) is 1.51. The molecule has 1 saturated heterocycles. The molecule has 29 heavy (non-hydrogen) atoms. The van der Waals surface area contributed by atoms with Gasteiger partial charge in [0.15, 0.2) is 11.9 Å². The fourth-order valence-corrected chi connectivity index (χ4v) is 4.99. The van der Waals surface area contributed by atoms with Gasteiger partial charge in [0.25, 0.3) is 0 Å². The number of carbonyl (C=O) groups is 1. The highest BCUT2D eigenvalue weighted by Gasteiger charge is 2.36. The van der Waals surface area contributed by atoms with Gasteiger partial charge in [-0.15, -0.1) is 5.10 Å². The second-order valence-corrected chi connectivity index (χ2v) is 8.06. The van der Waals surface area contributed by atoms with Gasteiger partial charge in [-0.2, -0.15) is 4.52 Å². The molecule has 8 nitrogen and oxygen atoms in total. The van der Waals surface area contributed by atoms with E-state index < -0.39 is 0 Å². The van der Waals surface area contributed by atoms with E-state index in [-0.39, 0.29) is 18.0 Å². The zero-order valence-electron chi connectivity index (χ0n) is 16.7. The van der Waals surface area contributed by atoms with Crippen LogP contribution >= 0.6 is 11.3 Å². The molecule has 1 atom stereocenters. The lowest BCUT2D eigenvalue weighted by Gasteiger charge is -2.35. The van der Waals surface area contributed by atoms with Gasteiger partial charge in [-0.25, -0.2) is 9.78 Å². The van der Waals surface area contributed by atoms with Gasteiger partial charge in [-0.3, -0.25) is 4.90 Å². The van der Waals surface area contributed by atoms with E-state index in [0.717, 1.165) is 35.8 Å². The number of thiazole rings is 1. The molecule has 1 aromatic carbocycles. The van der Waals surface area contributed by atoms with Crippen molar-refractivity contribution < 1.29 is 19.5 Å². The average molecular weight is 417 g/mol. The lowest BCUT2D eigenvalue weighted by atomic mass is 10.0. The Labute approximate surface area is 173 Å². The maximum absolute atomic E-state index is 12.0. The van der Waals surface area contributed by atoms with Crippen LogP contribution in [0.3, 0.4) is 0 Å². The van der Waals surface area contributed by atoms with Gasteiger partial charge in [-0.05, 0) is 6.92 Å². The van der Waals surface area contributed by atoms with Crippen LogP contribution < -0.4 is 4.90 Å². The Kier molecular flexibility index (Phi) is 5.68. The molecule has 0 unspecified atom stereocenters. The quantitative estimate of drug-likeness (QED) is 0.659. The van der Waals surface area contributed by atoms with Gasteiger partial charge in [0, 0.05) is 12.0 Å². The van der Waals surface area contributed by atoms with E-state index in [1.807, 2.05) is 32.0 Å². The van der Waals surface area contributed by atoms with E-state index in [9.17, 15) is 9.90 Å². The highest BCUT2D eigenvalue weighted by Crippen LogP contribution is 2.35. The first-order valence-corrected chi connectivity index (χ1v) is 10.8. The van der Waals surface area contributed by atoms with Crippen LogP contribution in [0.4, 0.5) is 4.79 Å². The number of hydrogen-bond acceptors (Lipinski definition) is 6. The Balaban J connectivity index is 1.65. The van der Waals surface area contributed by atoms with Crippen molar-refractivity contribution in [3.8, 4) is 5.88 Å². The number of nitrogens with one attached hydrogen (secondary N) is 1. The monoisotopic (exact) mass is 416 g/mol. The third-order valence-corrected chi connectivity index (χ3v) is 6.38. The molecule has 2 N–H and O–H groups in total. The van der Waals surface area contributed by atoms with Crippen LogP contribution in [-0.4, -0.2) is 63.5 Å². The van der Waals surface area contributed by atoms with Crippen molar-refractivity contribution in [2.24, 2.45) is 0 Å². The van der Waals surface area contributed by atoms with Gasteiger partial charge in [0.2, 0.25) is 10.8 Å². The summed E-state index contributed by atoms with van der Waals surface area (Å²) in [5.41, 5.74) is 1.13. The maximum Gasteiger partial charge on any atom is 0.410 e. The van der Waals surface area contributed by atoms with Gasteiger partial charge in [0.1, 0.15) is 4.88 Å². The zero-order valence-corrected chi connectivity index (χ0v) is 17.5. The van der Waals surface area contributed by atoms with Crippen molar-refractivity contribution in [2.45, 2.75) is 26.3 Å². The standard InChI is InChI=1S/C20H25N5O3S/c1-3-15-21-19-25(22-15)18(26)17(29-19)16(14-8-6-5-7-9-14)23-10-12-24(13-11-23)20(27)28-4-2/h5-9,16,26H,3-4,10-13H2,1-2H3/p+1/t16-/m1/s1. The molecule has 0 saturated carbocycles. The maximum atomic E-state index is 12.0. The summed E-state index contributed by atoms with van der Waals surface area (Å²) < 4.78 is 6.68. The first-order chi connectivity index (χ1) is 14.1. The van der Waals surface area contributed by atoms with Crippen molar-refractivity contribution in [1.82, 2.24) is 19.5 Å². The smallest absolute Gasteiger partial charge is 0.410 e. The SMILES string of the molecule is CCOC(=O)N1CC[NH+]([C@H](c2ccccc2)c2sc3nc(CC)nn3c2O)CC1. The first-order valence-electron chi connectivity index (χ1n) is 10.0. The number of piperazine rings is 1. The molecule has 154 valence electrons. The van der Waals surface area contributed by atoms with Gasteiger partial charge >= 0.3 is 6.09 Å². The fraction of sp³-hybridized carbons (Fsp3) is 0.450. The van der Waals surface area contributed by atoms with Crippen LogP contribution in [0.1, 0.15) is 36.2 Å². The molecule has 3 heterocycles. The second-order valence-electron chi connectivity index (χ2n) is 7.05. The van der Waals surface area contributed by atoms with Crippen molar-refractivity contribution in [3.05, 3.63) is 46.6 Å². The van der Waals surface area contributed by atoms with E-state index in [4.69, 9.17) is 4.74 Å². The van der Waals surface area contributed by atoms with Crippen molar-refractivity contribution in [2.75, 3.05) is 32.8 Å². The Morgan fingerprint density at radius 1 is 1.28 bits per heavy atom. The number of benzene rings is 1. The molecule has 9 heteroatoms. The number of aromatic nitrogens is 3. The van der Waals surface area contributed by atoms with Crippen molar-refractivity contribution in [3.63, 3.8) is 0 Å². The summed E-state index contributed by atoms with van der Waals surface area (Å²) in [5, 5.41) is 15.4. The summed E-state index contributed by atoms with van der Waals surface area (Å²) in [5.74, 6) is 0.885. The number of quaternary nitrogens is 1. The summed E-state index contributed by atoms with van der Waals surface area (Å²) >= 11 is 1.49. The first kappa shape index (κ1) is 19.7. The lowest BCUT2D eigenvalue weighted by Crippen LogP contribution is -3.15.